The Morgan fingerprint density at radius 2 is 2.16 bits per heavy atom. The smallest absolute Gasteiger partial charge is 0.251 e. The van der Waals surface area contributed by atoms with Crippen LogP contribution in [0.4, 0.5) is 0 Å². The van der Waals surface area contributed by atoms with E-state index in [2.05, 4.69) is 5.32 Å². The van der Waals surface area contributed by atoms with Crippen LogP contribution in [0.1, 0.15) is 18.4 Å². The van der Waals surface area contributed by atoms with Crippen LogP contribution < -0.4 is 15.8 Å². The summed E-state index contributed by atoms with van der Waals surface area (Å²) >= 11 is 0. The van der Waals surface area contributed by atoms with Gasteiger partial charge in [0.15, 0.2) is 0 Å². The Labute approximate surface area is 111 Å². The van der Waals surface area contributed by atoms with Crippen LogP contribution in [0.25, 0.3) is 6.08 Å². The third-order valence-electron chi connectivity index (χ3n) is 3.58. The first-order chi connectivity index (χ1) is 9.24. The van der Waals surface area contributed by atoms with Crippen molar-refractivity contribution in [3.63, 3.8) is 0 Å². The van der Waals surface area contributed by atoms with Gasteiger partial charge in [-0.15, -0.1) is 0 Å². The lowest BCUT2D eigenvalue weighted by atomic mass is 9.87. The molecule has 1 amide bonds. The highest BCUT2D eigenvalue weighted by molar-refractivity contribution is 6.01. The minimum Gasteiger partial charge on any atom is -0.464 e. The monoisotopic (exact) mass is 256 g/mol. The number of hydrogen-bond donors (Lipinski definition) is 2. The lowest BCUT2D eigenvalue weighted by molar-refractivity contribution is -0.118. The number of hydrogen-bond acceptors (Lipinski definition) is 3. The number of carbonyl (C=O) groups is 1. The van der Waals surface area contributed by atoms with E-state index in [9.17, 15) is 4.79 Å². The molecule has 3 rings (SSSR count). The average Bonchev–Trinajstić information content (AvgIpc) is 2.65. The number of carbonyl (C=O) groups excluding carboxylic acids is 1. The SMILES string of the molecule is N[C@@H]1CC[C@@H]1NC(=O)C1=Cc2ccccc2OC=C1. The van der Waals surface area contributed by atoms with Gasteiger partial charge in [0.1, 0.15) is 5.75 Å². The van der Waals surface area contributed by atoms with Crippen LogP contribution in [0.5, 0.6) is 5.75 Å². The normalized spacial score (nSPS) is 24.4. The second kappa shape index (κ2) is 4.90. The van der Waals surface area contributed by atoms with E-state index in [1.54, 1.807) is 6.08 Å². The molecular formula is C15H16N2O2. The van der Waals surface area contributed by atoms with E-state index in [1.165, 1.54) is 6.26 Å². The van der Waals surface area contributed by atoms with Crippen molar-refractivity contribution in [3.8, 4) is 5.75 Å². The number of fused-ring (bicyclic) bond motifs is 1. The summed E-state index contributed by atoms with van der Waals surface area (Å²) in [5.74, 6) is 0.651. The van der Waals surface area contributed by atoms with Crippen LogP contribution in [0.3, 0.4) is 0 Å². The zero-order chi connectivity index (χ0) is 13.2. The maximum absolute atomic E-state index is 12.2. The minimum absolute atomic E-state index is 0.0860. The van der Waals surface area contributed by atoms with Gasteiger partial charge in [0, 0.05) is 23.2 Å². The third-order valence-corrected chi connectivity index (χ3v) is 3.58. The van der Waals surface area contributed by atoms with Crippen molar-refractivity contribution in [2.75, 3.05) is 0 Å². The molecule has 0 unspecified atom stereocenters. The molecule has 4 heteroatoms. The molecular weight excluding hydrogens is 240 g/mol. The summed E-state index contributed by atoms with van der Waals surface area (Å²) in [6.07, 6.45) is 6.98. The Morgan fingerprint density at radius 3 is 2.89 bits per heavy atom. The summed E-state index contributed by atoms with van der Waals surface area (Å²) in [6.45, 7) is 0. The summed E-state index contributed by atoms with van der Waals surface area (Å²) in [5.41, 5.74) is 7.32. The molecule has 0 bridgehead atoms. The fraction of sp³-hybridized carbons (Fsp3) is 0.267. The van der Waals surface area contributed by atoms with Gasteiger partial charge in [-0.25, -0.2) is 0 Å². The van der Waals surface area contributed by atoms with Crippen molar-refractivity contribution in [2.45, 2.75) is 24.9 Å². The molecule has 0 spiro atoms. The van der Waals surface area contributed by atoms with Gasteiger partial charge in [0.25, 0.3) is 5.91 Å². The molecule has 1 aliphatic carbocycles. The van der Waals surface area contributed by atoms with E-state index in [-0.39, 0.29) is 18.0 Å². The summed E-state index contributed by atoms with van der Waals surface area (Å²) in [4.78, 5) is 12.2. The highest BCUT2D eigenvalue weighted by Gasteiger charge is 2.29. The van der Waals surface area contributed by atoms with Gasteiger partial charge < -0.3 is 15.8 Å². The van der Waals surface area contributed by atoms with Gasteiger partial charge in [-0.3, -0.25) is 4.79 Å². The summed E-state index contributed by atoms with van der Waals surface area (Å²) in [7, 11) is 0. The van der Waals surface area contributed by atoms with Crippen LogP contribution in [0.2, 0.25) is 0 Å². The average molecular weight is 256 g/mol. The molecule has 1 fully saturated rings. The molecule has 98 valence electrons. The molecule has 1 heterocycles. The molecule has 0 aromatic heterocycles. The Hall–Kier alpha value is -2.07. The van der Waals surface area contributed by atoms with Gasteiger partial charge in [0.05, 0.1) is 6.26 Å². The van der Waals surface area contributed by atoms with E-state index < -0.39 is 0 Å². The summed E-state index contributed by atoms with van der Waals surface area (Å²) in [5, 5.41) is 2.96. The fourth-order valence-electron chi connectivity index (χ4n) is 2.20. The van der Waals surface area contributed by atoms with Crippen molar-refractivity contribution < 1.29 is 9.53 Å². The first kappa shape index (κ1) is 12.0. The Balaban J connectivity index is 1.80. The topological polar surface area (TPSA) is 64.3 Å². The van der Waals surface area contributed by atoms with Gasteiger partial charge >= 0.3 is 0 Å². The number of para-hydroxylation sites is 1. The highest BCUT2D eigenvalue weighted by Crippen LogP contribution is 2.25. The predicted octanol–water partition coefficient (Wildman–Crippen LogP) is 1.58. The van der Waals surface area contributed by atoms with Crippen LogP contribution >= 0.6 is 0 Å². The molecule has 1 saturated carbocycles. The first-order valence-electron chi connectivity index (χ1n) is 6.44. The maximum atomic E-state index is 12.2. The van der Waals surface area contributed by atoms with Gasteiger partial charge in [0.2, 0.25) is 0 Å². The molecule has 1 aromatic carbocycles. The molecule has 1 aliphatic heterocycles. The maximum Gasteiger partial charge on any atom is 0.251 e. The molecule has 19 heavy (non-hydrogen) atoms. The molecule has 3 N–H and O–H groups in total. The molecule has 1 aromatic rings. The Morgan fingerprint density at radius 1 is 1.32 bits per heavy atom. The number of nitrogens with two attached hydrogens (primary N) is 1. The number of rotatable bonds is 2. The van der Waals surface area contributed by atoms with E-state index in [0.29, 0.717) is 5.57 Å². The number of amides is 1. The Kier molecular flexibility index (Phi) is 3.09. The Bertz CT molecular complexity index is 563. The zero-order valence-electron chi connectivity index (χ0n) is 10.5. The van der Waals surface area contributed by atoms with Crippen molar-refractivity contribution in [2.24, 2.45) is 5.73 Å². The second-order valence-electron chi connectivity index (χ2n) is 4.88. The van der Waals surface area contributed by atoms with E-state index >= 15 is 0 Å². The van der Waals surface area contributed by atoms with E-state index in [4.69, 9.17) is 10.5 Å². The van der Waals surface area contributed by atoms with Crippen molar-refractivity contribution in [1.29, 1.82) is 0 Å². The van der Waals surface area contributed by atoms with Crippen LogP contribution in [-0.2, 0) is 4.79 Å². The van der Waals surface area contributed by atoms with Crippen molar-refractivity contribution in [1.82, 2.24) is 5.32 Å². The number of ether oxygens (including phenoxy) is 1. The standard InChI is InChI=1S/C15H16N2O2/c16-12-5-6-13(12)17-15(18)11-7-8-19-14-4-2-1-3-10(14)9-11/h1-4,7-9,12-13H,5-6,16H2,(H,17,18)/t12-,13+/m1/s1. The quantitative estimate of drug-likeness (QED) is 0.844. The first-order valence-corrected chi connectivity index (χ1v) is 6.44. The minimum atomic E-state index is -0.100. The van der Waals surface area contributed by atoms with Crippen LogP contribution in [0, 0.1) is 0 Å². The summed E-state index contributed by atoms with van der Waals surface area (Å²) < 4.78 is 5.46. The fourth-order valence-corrected chi connectivity index (χ4v) is 2.20. The number of benzene rings is 1. The van der Waals surface area contributed by atoms with Gasteiger partial charge in [-0.2, -0.15) is 0 Å². The van der Waals surface area contributed by atoms with E-state index in [0.717, 1.165) is 24.2 Å². The molecule has 4 nitrogen and oxygen atoms in total. The largest absolute Gasteiger partial charge is 0.464 e. The van der Waals surface area contributed by atoms with E-state index in [1.807, 2.05) is 30.3 Å². The second-order valence-corrected chi connectivity index (χ2v) is 4.88. The van der Waals surface area contributed by atoms with Crippen molar-refractivity contribution in [3.05, 3.63) is 47.7 Å². The molecule has 2 atom stereocenters. The highest BCUT2D eigenvalue weighted by atomic mass is 16.5. The van der Waals surface area contributed by atoms with Gasteiger partial charge in [-0.05, 0) is 31.1 Å². The van der Waals surface area contributed by atoms with Gasteiger partial charge in [-0.1, -0.05) is 18.2 Å². The lowest BCUT2D eigenvalue weighted by Crippen LogP contribution is -2.54. The molecule has 0 saturated heterocycles. The lowest BCUT2D eigenvalue weighted by Gasteiger charge is -2.34. The van der Waals surface area contributed by atoms with Crippen LogP contribution in [0.15, 0.2) is 42.2 Å². The molecule has 2 aliphatic rings. The predicted molar refractivity (Wildman–Crippen MR) is 73.3 cm³/mol. The zero-order valence-corrected chi connectivity index (χ0v) is 10.5. The molecule has 0 radical (unpaired) electrons. The van der Waals surface area contributed by atoms with Crippen molar-refractivity contribution >= 4 is 12.0 Å². The third kappa shape index (κ3) is 2.39. The van der Waals surface area contributed by atoms with Crippen LogP contribution in [-0.4, -0.2) is 18.0 Å². The number of nitrogens with one attached hydrogen (secondary N) is 1. The summed E-state index contributed by atoms with van der Waals surface area (Å²) in [6, 6.07) is 7.80.